The number of benzene rings is 3. The Morgan fingerprint density at radius 3 is 2.23 bits per heavy atom. The molecule has 2 saturated heterocycles. The van der Waals surface area contributed by atoms with Crippen molar-refractivity contribution in [2.24, 2.45) is 5.92 Å². The maximum absolute atomic E-state index is 14.5. The van der Waals surface area contributed by atoms with E-state index in [-0.39, 0.29) is 30.7 Å². The highest BCUT2D eigenvalue weighted by molar-refractivity contribution is 6.04. The van der Waals surface area contributed by atoms with Crippen LogP contribution in [-0.2, 0) is 24.1 Å². The molecule has 1 aromatic heterocycles. The molecule has 3 aromatic carbocycles. The Hall–Kier alpha value is -5.04. The second-order valence-corrected chi connectivity index (χ2v) is 15.3. The number of amides is 1. The number of aliphatic hydroxyl groups excluding tert-OH is 1. The number of carboxylic acids is 1. The number of nitrogens with one attached hydrogen (secondary N) is 1. The summed E-state index contributed by atoms with van der Waals surface area (Å²) >= 11 is 0. The van der Waals surface area contributed by atoms with Gasteiger partial charge in [0.05, 0.1) is 24.7 Å². The number of aliphatic carboxylic acids is 1. The summed E-state index contributed by atoms with van der Waals surface area (Å²) in [6, 6.07) is 15.7. The van der Waals surface area contributed by atoms with E-state index in [1.807, 2.05) is 61.2 Å². The predicted octanol–water partition coefficient (Wildman–Crippen LogP) is 8.17. The molecule has 3 heterocycles. The molecule has 3 N–H and O–H groups in total. The molecule has 56 heavy (non-hydrogen) atoms. The third kappa shape index (κ3) is 8.67. The van der Waals surface area contributed by atoms with Crippen LogP contribution in [0.2, 0.25) is 0 Å². The average molecular weight is 769 g/mol. The number of likely N-dealkylation sites (tertiary alicyclic amines) is 2. The maximum Gasteiger partial charge on any atom is 0.417 e. The number of halogens is 3. The first-order valence-electron chi connectivity index (χ1n) is 19.1. The Morgan fingerprint density at radius 2 is 1.57 bits per heavy atom. The minimum absolute atomic E-state index is 0.0463. The molecule has 7 rings (SSSR count). The Morgan fingerprint density at radius 1 is 0.893 bits per heavy atom. The van der Waals surface area contributed by atoms with Gasteiger partial charge in [-0.1, -0.05) is 42.5 Å². The molecule has 2 unspecified atom stereocenters. The van der Waals surface area contributed by atoms with Gasteiger partial charge in [-0.3, -0.25) is 24.4 Å². The quantitative estimate of drug-likeness (QED) is 0.124. The van der Waals surface area contributed by atoms with Gasteiger partial charge in [0.15, 0.2) is 0 Å². The number of pyridine rings is 1. The second kappa shape index (κ2) is 16.2. The van der Waals surface area contributed by atoms with Crippen LogP contribution in [0.1, 0.15) is 86.6 Å². The lowest BCUT2D eigenvalue weighted by atomic mass is 9.92. The van der Waals surface area contributed by atoms with Crippen molar-refractivity contribution in [2.75, 3.05) is 38.6 Å². The van der Waals surface area contributed by atoms with E-state index in [9.17, 15) is 33.0 Å². The largest absolute Gasteiger partial charge is 0.496 e. The number of carboxylic acid groups (broad SMARTS) is 1. The summed E-state index contributed by atoms with van der Waals surface area (Å²) < 4.78 is 48.9. The number of β-amino-alcohol motifs (C(OH)–C–C–N with tert-alkyl or cyclic N) is 1. The van der Waals surface area contributed by atoms with Gasteiger partial charge in [-0.25, -0.2) is 0 Å². The topological polar surface area (TPSA) is 115 Å². The fourth-order valence-corrected chi connectivity index (χ4v) is 8.04. The number of ether oxygens (including phenoxy) is 1. The lowest BCUT2D eigenvalue weighted by molar-refractivity contribution is -0.141. The van der Waals surface area contributed by atoms with E-state index < -0.39 is 23.6 Å². The zero-order valence-electron chi connectivity index (χ0n) is 31.8. The number of rotatable bonds is 12. The lowest BCUT2D eigenvalue weighted by Crippen LogP contribution is -2.23. The van der Waals surface area contributed by atoms with E-state index in [1.165, 1.54) is 19.3 Å². The average Bonchev–Trinajstić information content (AvgIpc) is 3.76. The highest BCUT2D eigenvalue weighted by Crippen LogP contribution is 2.43. The summed E-state index contributed by atoms with van der Waals surface area (Å²) in [5.74, 6) is -1.04. The molecule has 2 atom stereocenters. The number of methoxy groups -OCH3 is 1. The third-order valence-electron chi connectivity index (χ3n) is 11.4. The van der Waals surface area contributed by atoms with Gasteiger partial charge in [0.1, 0.15) is 11.4 Å². The van der Waals surface area contributed by atoms with Crippen LogP contribution in [-0.4, -0.2) is 76.3 Å². The van der Waals surface area contributed by atoms with Crippen molar-refractivity contribution in [3.8, 4) is 16.9 Å². The van der Waals surface area contributed by atoms with Crippen molar-refractivity contribution in [1.82, 2.24) is 14.8 Å². The van der Waals surface area contributed by atoms with Gasteiger partial charge in [-0.2, -0.15) is 13.2 Å². The molecule has 3 fully saturated rings. The number of carbonyl (C=O) groups is 2. The van der Waals surface area contributed by atoms with Crippen LogP contribution in [0.5, 0.6) is 5.75 Å². The van der Waals surface area contributed by atoms with E-state index in [0.717, 1.165) is 70.8 Å². The zero-order valence-corrected chi connectivity index (χ0v) is 31.8. The van der Waals surface area contributed by atoms with Crippen molar-refractivity contribution in [3.63, 3.8) is 0 Å². The normalized spacial score (nSPS) is 19.2. The van der Waals surface area contributed by atoms with Crippen molar-refractivity contribution in [1.29, 1.82) is 0 Å². The SMILES string of the molecule is COc1cc(/C=C/c2cccc(-c3cccc(NC(=O)c4cc(C5CC5)c(CN5CCC(O)C5)cn4)c3C)c2C)c(C(F)(F)F)cc1CN1CCC(C(=O)O)C1. The fraction of sp³-hybridized carbons (Fsp3) is 0.386. The van der Waals surface area contributed by atoms with E-state index in [0.29, 0.717) is 54.7 Å². The monoisotopic (exact) mass is 768 g/mol. The standard InChI is InChI=1S/C44H47F3N4O5/c1-26-28(10-13-30-19-41(56-3)32(18-38(30)44(45,46)47)23-50-16-14-31(22-50)43(54)55)6-4-7-35(26)36-8-5-9-39(27(36)2)49-42(53)40-20-37(29-11-12-29)33(21-48-40)24-51-17-15-34(52)25-51/h4-10,13,18-21,29,31,34,52H,11-12,14-17,22-25H2,1-3H3,(H,49,53)(H,54,55)/b13-10+. The number of carbonyl (C=O) groups excluding carboxylic acids is 1. The Bertz CT molecular complexity index is 2170. The first-order valence-corrected chi connectivity index (χ1v) is 19.1. The molecule has 0 spiro atoms. The Labute approximate surface area is 324 Å². The minimum Gasteiger partial charge on any atom is -0.496 e. The van der Waals surface area contributed by atoms with E-state index >= 15 is 0 Å². The molecule has 0 bridgehead atoms. The molecular weight excluding hydrogens is 722 g/mol. The van der Waals surface area contributed by atoms with Gasteiger partial charge in [0, 0.05) is 50.2 Å². The number of aliphatic hydroxyl groups is 1. The van der Waals surface area contributed by atoms with Gasteiger partial charge < -0.3 is 20.3 Å². The van der Waals surface area contributed by atoms with Crippen LogP contribution in [0.3, 0.4) is 0 Å². The highest BCUT2D eigenvalue weighted by Gasteiger charge is 2.35. The molecule has 9 nitrogen and oxygen atoms in total. The number of anilines is 1. The molecule has 2 aliphatic heterocycles. The lowest BCUT2D eigenvalue weighted by Gasteiger charge is -2.20. The second-order valence-electron chi connectivity index (χ2n) is 15.3. The fourth-order valence-electron chi connectivity index (χ4n) is 8.04. The summed E-state index contributed by atoms with van der Waals surface area (Å²) in [6.45, 7) is 6.92. The van der Waals surface area contributed by atoms with Crippen LogP contribution in [0.25, 0.3) is 23.3 Å². The third-order valence-corrected chi connectivity index (χ3v) is 11.4. The number of alkyl halides is 3. The van der Waals surface area contributed by atoms with Crippen molar-refractivity contribution in [2.45, 2.75) is 70.8 Å². The molecule has 294 valence electrons. The summed E-state index contributed by atoms with van der Waals surface area (Å²) in [5, 5.41) is 22.4. The van der Waals surface area contributed by atoms with Crippen molar-refractivity contribution < 1.29 is 37.7 Å². The minimum atomic E-state index is -4.64. The Balaban J connectivity index is 1.11. The van der Waals surface area contributed by atoms with Crippen LogP contribution < -0.4 is 10.1 Å². The number of hydrogen-bond acceptors (Lipinski definition) is 7. The molecular formula is C44H47F3N4O5. The van der Waals surface area contributed by atoms with Crippen LogP contribution >= 0.6 is 0 Å². The summed E-state index contributed by atoms with van der Waals surface area (Å²) in [6.07, 6.45) is 3.34. The summed E-state index contributed by atoms with van der Waals surface area (Å²) in [4.78, 5) is 33.6. The van der Waals surface area contributed by atoms with Crippen LogP contribution in [0.15, 0.2) is 60.8 Å². The zero-order chi connectivity index (χ0) is 39.7. The van der Waals surface area contributed by atoms with Crippen molar-refractivity contribution in [3.05, 3.63) is 111 Å². The Kier molecular flexibility index (Phi) is 11.3. The van der Waals surface area contributed by atoms with Gasteiger partial charge >= 0.3 is 12.1 Å². The van der Waals surface area contributed by atoms with Crippen molar-refractivity contribution >= 4 is 29.7 Å². The van der Waals surface area contributed by atoms with Gasteiger partial charge in [-0.05, 0) is 121 Å². The van der Waals surface area contributed by atoms with E-state index in [4.69, 9.17) is 4.74 Å². The number of hydrogen-bond donors (Lipinski definition) is 3. The molecule has 3 aliphatic rings. The number of aromatic nitrogens is 1. The molecule has 1 amide bonds. The number of nitrogens with zero attached hydrogens (tertiary/aromatic N) is 3. The predicted molar refractivity (Wildman–Crippen MR) is 209 cm³/mol. The summed E-state index contributed by atoms with van der Waals surface area (Å²) in [5.41, 5.74) is 6.89. The summed E-state index contributed by atoms with van der Waals surface area (Å²) in [7, 11) is 1.41. The molecule has 12 heteroatoms. The molecule has 1 aliphatic carbocycles. The molecule has 4 aromatic rings. The molecule has 1 saturated carbocycles. The molecule has 0 radical (unpaired) electrons. The van der Waals surface area contributed by atoms with E-state index in [2.05, 4.69) is 15.2 Å². The van der Waals surface area contributed by atoms with Gasteiger partial charge in [0.2, 0.25) is 0 Å². The first-order chi connectivity index (χ1) is 26.8. The van der Waals surface area contributed by atoms with E-state index in [1.54, 1.807) is 12.3 Å². The smallest absolute Gasteiger partial charge is 0.417 e. The highest BCUT2D eigenvalue weighted by atomic mass is 19.4. The first kappa shape index (κ1) is 39.2. The maximum atomic E-state index is 14.5. The van der Waals surface area contributed by atoms with Crippen LogP contribution in [0.4, 0.5) is 18.9 Å². The van der Waals surface area contributed by atoms with Crippen LogP contribution in [0, 0.1) is 19.8 Å². The van der Waals surface area contributed by atoms with Gasteiger partial charge in [-0.15, -0.1) is 0 Å². The van der Waals surface area contributed by atoms with Gasteiger partial charge in [0.25, 0.3) is 5.91 Å².